The molecule has 3 atom stereocenters. The molecule has 0 radical (unpaired) electrons. The lowest BCUT2D eigenvalue weighted by molar-refractivity contribution is -0.171. The summed E-state index contributed by atoms with van der Waals surface area (Å²) < 4.78 is 23.4. The summed E-state index contributed by atoms with van der Waals surface area (Å²) in [6, 6.07) is 24.3. The molecule has 0 bridgehead atoms. The summed E-state index contributed by atoms with van der Waals surface area (Å²) in [5, 5.41) is 2.34. The van der Waals surface area contributed by atoms with Gasteiger partial charge in [0.15, 0.2) is 6.16 Å². The van der Waals surface area contributed by atoms with Crippen LogP contribution in [0.2, 0.25) is 0 Å². The fraction of sp³-hybridized carbons (Fsp3) is 0.320. The van der Waals surface area contributed by atoms with E-state index in [0.29, 0.717) is 12.4 Å². The van der Waals surface area contributed by atoms with Crippen molar-refractivity contribution in [1.29, 1.82) is 0 Å². The molecule has 0 saturated heterocycles. The van der Waals surface area contributed by atoms with Crippen molar-refractivity contribution in [2.24, 2.45) is 0 Å². The molecule has 0 aliphatic rings. The van der Waals surface area contributed by atoms with E-state index in [1.165, 1.54) is 10.8 Å². The molecule has 4 nitrogen and oxygen atoms in total. The lowest BCUT2D eigenvalue weighted by Gasteiger charge is -2.35. The monoisotopic (exact) mass is 455 g/mol. The van der Waals surface area contributed by atoms with Crippen LogP contribution in [0.4, 0.5) is 0 Å². The van der Waals surface area contributed by atoms with E-state index in [1.54, 1.807) is 18.7 Å². The third kappa shape index (κ3) is 5.35. The van der Waals surface area contributed by atoms with E-state index in [1.807, 2.05) is 55.5 Å². The lowest BCUT2D eigenvalue weighted by Crippen LogP contribution is -2.51. The summed E-state index contributed by atoms with van der Waals surface area (Å²) in [6.07, 6.45) is 0.0926. The smallest absolute Gasteiger partial charge is 0.343 e. The summed E-state index contributed by atoms with van der Waals surface area (Å²) >= 11 is 1.68. The fourth-order valence-electron chi connectivity index (χ4n) is 3.85. The van der Waals surface area contributed by atoms with Crippen LogP contribution in [0.15, 0.2) is 77.7 Å². The highest BCUT2D eigenvalue weighted by Gasteiger charge is 2.51. The number of hydrogen-bond donors (Lipinski definition) is 0. The van der Waals surface area contributed by atoms with Crippen LogP contribution in [0.1, 0.15) is 25.3 Å². The zero-order valence-corrected chi connectivity index (χ0v) is 19.7. The van der Waals surface area contributed by atoms with Gasteiger partial charge in [0.05, 0.1) is 6.61 Å². The average Bonchev–Trinajstić information content (AvgIpc) is 2.80. The minimum absolute atomic E-state index is 0.0926. The van der Waals surface area contributed by atoms with Crippen LogP contribution in [0.3, 0.4) is 0 Å². The number of fused-ring (bicyclic) bond motifs is 1. The second-order valence-corrected chi connectivity index (χ2v) is 8.82. The van der Waals surface area contributed by atoms with E-state index in [-0.39, 0.29) is 18.7 Å². The molecule has 0 aromatic heterocycles. The third-order valence-electron chi connectivity index (χ3n) is 5.28. The van der Waals surface area contributed by atoms with Crippen molar-refractivity contribution >= 4 is 37.0 Å². The molecule has 0 amide bonds. The van der Waals surface area contributed by atoms with Crippen molar-refractivity contribution in [3.63, 3.8) is 0 Å². The predicted molar refractivity (Wildman–Crippen MR) is 129 cm³/mol. The number of ether oxygens (including phenoxy) is 2. The Kier molecular flexibility index (Phi) is 8.65. The third-order valence-corrected chi connectivity index (χ3v) is 7.11. The van der Waals surface area contributed by atoms with Crippen molar-refractivity contribution in [3.05, 3.63) is 78.4 Å². The van der Waals surface area contributed by atoms with Gasteiger partial charge in [-0.1, -0.05) is 71.3 Å². The molecule has 0 aliphatic carbocycles. The normalized spacial score (nSPS) is 14.3. The molecule has 3 aromatic carbocycles. The summed E-state index contributed by atoms with van der Waals surface area (Å²) in [7, 11) is -0.676. The second-order valence-electron chi connectivity index (χ2n) is 7.12. The van der Waals surface area contributed by atoms with Crippen LogP contribution < -0.4 is 0 Å². The Balaban J connectivity index is 2.04. The van der Waals surface area contributed by atoms with E-state index < -0.39 is 20.0 Å². The van der Waals surface area contributed by atoms with Gasteiger partial charge in [-0.05, 0) is 36.2 Å². The molecule has 162 valence electrons. The zero-order valence-electron chi connectivity index (χ0n) is 17.9. The standard InChI is InChI=1S/C25H27O4PS/c1-3-28-24(26)25(18-30-27,29-4-2)22(20-12-6-5-7-13-20)17-31-23-16-10-14-19-11-8-9-15-21(19)23/h5-16,22H,3-4,17-18H2,1-2H3/p+1. The highest BCUT2D eigenvalue weighted by molar-refractivity contribution is 7.99. The molecule has 0 heterocycles. The molecule has 0 fully saturated rings. The maximum Gasteiger partial charge on any atom is 0.343 e. The van der Waals surface area contributed by atoms with Gasteiger partial charge < -0.3 is 9.47 Å². The maximum absolute atomic E-state index is 13.2. The van der Waals surface area contributed by atoms with Crippen LogP contribution in [-0.4, -0.2) is 36.7 Å². The van der Waals surface area contributed by atoms with Gasteiger partial charge in [0.25, 0.3) is 0 Å². The first-order chi connectivity index (χ1) is 15.2. The topological polar surface area (TPSA) is 52.6 Å². The van der Waals surface area contributed by atoms with Gasteiger partial charge in [-0.2, -0.15) is 0 Å². The first-order valence-electron chi connectivity index (χ1n) is 10.5. The first kappa shape index (κ1) is 23.5. The molecule has 0 N–H and O–H groups in total. The summed E-state index contributed by atoms with van der Waals surface area (Å²) in [6.45, 7) is 4.19. The van der Waals surface area contributed by atoms with Gasteiger partial charge in [-0.15, -0.1) is 11.8 Å². The quantitative estimate of drug-likeness (QED) is 0.199. The molecule has 6 heteroatoms. The van der Waals surface area contributed by atoms with Gasteiger partial charge in [-0.3, -0.25) is 0 Å². The van der Waals surface area contributed by atoms with Crippen LogP contribution >= 0.6 is 20.2 Å². The largest absolute Gasteiger partial charge is 0.464 e. The van der Waals surface area contributed by atoms with E-state index in [0.717, 1.165) is 10.5 Å². The van der Waals surface area contributed by atoms with Crippen LogP contribution in [-0.2, 0) is 18.8 Å². The Morgan fingerprint density at radius 2 is 1.68 bits per heavy atom. The Morgan fingerprint density at radius 3 is 2.39 bits per heavy atom. The molecule has 0 saturated carbocycles. The van der Waals surface area contributed by atoms with Crippen molar-refractivity contribution in [2.75, 3.05) is 25.1 Å². The van der Waals surface area contributed by atoms with E-state index >= 15 is 0 Å². The fourth-order valence-corrected chi connectivity index (χ4v) is 5.88. The summed E-state index contributed by atoms with van der Waals surface area (Å²) in [5.74, 6) is -0.188. The van der Waals surface area contributed by atoms with Gasteiger partial charge in [0.2, 0.25) is 5.60 Å². The summed E-state index contributed by atoms with van der Waals surface area (Å²) in [4.78, 5) is 14.3. The van der Waals surface area contributed by atoms with Crippen molar-refractivity contribution in [3.8, 4) is 0 Å². The molecule has 3 unspecified atom stereocenters. The van der Waals surface area contributed by atoms with Crippen LogP contribution in [0.5, 0.6) is 0 Å². The van der Waals surface area contributed by atoms with Crippen molar-refractivity contribution < 1.29 is 18.8 Å². The van der Waals surface area contributed by atoms with Gasteiger partial charge in [0.1, 0.15) is 0 Å². The number of benzene rings is 3. The van der Waals surface area contributed by atoms with E-state index in [2.05, 4.69) is 24.3 Å². The minimum atomic E-state index is -1.30. The van der Waals surface area contributed by atoms with Crippen LogP contribution in [0, 0.1) is 0 Å². The minimum Gasteiger partial charge on any atom is -0.464 e. The molecule has 0 spiro atoms. The van der Waals surface area contributed by atoms with Crippen molar-refractivity contribution in [2.45, 2.75) is 30.3 Å². The average molecular weight is 456 g/mol. The zero-order chi connectivity index (χ0) is 22.1. The first-order valence-corrected chi connectivity index (χ1v) is 12.6. The maximum atomic E-state index is 13.2. The van der Waals surface area contributed by atoms with Crippen molar-refractivity contribution in [1.82, 2.24) is 0 Å². The number of carbonyl (C=O) groups is 1. The molecule has 0 aliphatic heterocycles. The highest BCUT2D eigenvalue weighted by atomic mass is 32.2. The van der Waals surface area contributed by atoms with Gasteiger partial charge >= 0.3 is 14.4 Å². The SMILES string of the molecule is CCOC(=O)C(C[PH+]=O)(OCC)C(CSc1cccc2ccccc12)c1ccccc1. The van der Waals surface area contributed by atoms with E-state index in [4.69, 9.17) is 9.47 Å². The Hall–Kier alpha value is -2.20. The molecular formula is C25H28O4PS+. The molecule has 31 heavy (non-hydrogen) atoms. The number of carbonyl (C=O) groups excluding carboxylic acids is 1. The second kappa shape index (κ2) is 11.4. The number of esters is 1. The number of hydrogen-bond acceptors (Lipinski definition) is 5. The van der Waals surface area contributed by atoms with E-state index in [9.17, 15) is 9.36 Å². The lowest BCUT2D eigenvalue weighted by atomic mass is 9.84. The van der Waals surface area contributed by atoms with Gasteiger partial charge in [0, 0.05) is 23.2 Å². The Labute approximate surface area is 189 Å². The molecule has 3 aromatic rings. The highest BCUT2D eigenvalue weighted by Crippen LogP contribution is 2.41. The van der Waals surface area contributed by atoms with Gasteiger partial charge in [-0.25, -0.2) is 4.79 Å². The number of thioether (sulfide) groups is 1. The summed E-state index contributed by atoms with van der Waals surface area (Å²) in [5.41, 5.74) is -0.334. The molecule has 3 rings (SSSR count). The Bertz CT molecular complexity index is 1010. The Morgan fingerprint density at radius 1 is 0.968 bits per heavy atom. The predicted octanol–water partition coefficient (Wildman–Crippen LogP) is 6.08. The number of rotatable bonds is 11. The molecular weight excluding hydrogens is 427 g/mol. The van der Waals surface area contributed by atoms with Crippen LogP contribution in [0.25, 0.3) is 10.8 Å².